The van der Waals surface area contributed by atoms with Gasteiger partial charge in [-0.2, -0.15) is 0 Å². The van der Waals surface area contributed by atoms with E-state index < -0.39 is 9.84 Å². The minimum absolute atomic E-state index is 0.0222. The molecule has 0 heterocycles. The second kappa shape index (κ2) is 7.12. The lowest BCUT2D eigenvalue weighted by atomic mass is 10.2. The number of sulfone groups is 1. The molecule has 0 fully saturated rings. The highest BCUT2D eigenvalue weighted by Gasteiger charge is 2.13. The second-order valence-electron chi connectivity index (χ2n) is 4.65. The molecule has 0 spiro atoms. The highest BCUT2D eigenvalue weighted by molar-refractivity contribution is 7.90. The van der Waals surface area contributed by atoms with Crippen molar-refractivity contribution < 1.29 is 8.42 Å². The van der Waals surface area contributed by atoms with Crippen LogP contribution >= 0.6 is 11.6 Å². The fourth-order valence-corrected chi connectivity index (χ4v) is 3.34. The normalized spacial score (nSPS) is 12.0. The van der Waals surface area contributed by atoms with Gasteiger partial charge < -0.3 is 5.32 Å². The summed E-state index contributed by atoms with van der Waals surface area (Å²) >= 11 is 5.96. The molecule has 0 amide bonds. The Hall–Kier alpha value is -0.580. The molecular weight excluding hydrogens is 270 g/mol. The van der Waals surface area contributed by atoms with Crippen molar-refractivity contribution in [2.75, 3.05) is 12.3 Å². The fourth-order valence-electron chi connectivity index (χ4n) is 1.61. The average molecular weight is 290 g/mol. The molecule has 0 atom stereocenters. The van der Waals surface area contributed by atoms with Gasteiger partial charge in [-0.05, 0) is 24.6 Å². The lowest BCUT2D eigenvalue weighted by Gasteiger charge is -2.09. The van der Waals surface area contributed by atoms with Crippen LogP contribution in [0.25, 0.3) is 0 Å². The molecule has 1 aromatic carbocycles. The first-order chi connectivity index (χ1) is 8.41. The molecule has 3 nitrogen and oxygen atoms in total. The molecule has 0 radical (unpaired) electrons. The lowest BCUT2D eigenvalue weighted by Crippen LogP contribution is -2.25. The maximum absolute atomic E-state index is 11.9. The smallest absolute Gasteiger partial charge is 0.154 e. The second-order valence-corrected chi connectivity index (χ2v) is 7.24. The summed E-state index contributed by atoms with van der Waals surface area (Å²) in [6, 6.07) is 7.46. The van der Waals surface area contributed by atoms with E-state index >= 15 is 0 Å². The van der Waals surface area contributed by atoms with E-state index in [2.05, 4.69) is 5.32 Å². The Morgan fingerprint density at radius 1 is 1.28 bits per heavy atom. The maximum Gasteiger partial charge on any atom is 0.154 e. The van der Waals surface area contributed by atoms with Gasteiger partial charge in [-0.3, -0.25) is 0 Å². The van der Waals surface area contributed by atoms with Crippen LogP contribution in [0.3, 0.4) is 0 Å². The van der Waals surface area contributed by atoms with Crippen LogP contribution in [-0.4, -0.2) is 26.8 Å². The first kappa shape index (κ1) is 15.5. The molecule has 1 aromatic rings. The predicted molar refractivity (Wildman–Crippen MR) is 76.7 cm³/mol. The SMILES string of the molecule is CC(C)NCCCS(=O)(=O)Cc1ccccc1Cl. The van der Waals surface area contributed by atoms with Gasteiger partial charge in [0.25, 0.3) is 0 Å². The summed E-state index contributed by atoms with van der Waals surface area (Å²) in [7, 11) is -3.08. The third kappa shape index (κ3) is 5.85. The number of benzene rings is 1. The molecule has 5 heteroatoms. The van der Waals surface area contributed by atoms with Crippen molar-refractivity contribution in [3.63, 3.8) is 0 Å². The third-order valence-electron chi connectivity index (χ3n) is 2.52. The van der Waals surface area contributed by atoms with Crippen LogP contribution in [0.5, 0.6) is 0 Å². The van der Waals surface area contributed by atoms with E-state index in [0.717, 1.165) is 6.54 Å². The van der Waals surface area contributed by atoms with E-state index in [-0.39, 0.29) is 11.5 Å². The summed E-state index contributed by atoms with van der Waals surface area (Å²) in [6.07, 6.45) is 0.630. The van der Waals surface area contributed by atoms with Gasteiger partial charge in [0.2, 0.25) is 0 Å². The molecule has 0 bridgehead atoms. The zero-order chi connectivity index (χ0) is 13.6. The van der Waals surface area contributed by atoms with Crippen molar-refractivity contribution in [2.45, 2.75) is 32.1 Å². The molecule has 0 aliphatic rings. The van der Waals surface area contributed by atoms with Gasteiger partial charge in [0.1, 0.15) is 0 Å². The Kier molecular flexibility index (Phi) is 6.12. The summed E-state index contributed by atoms with van der Waals surface area (Å²) in [5, 5.41) is 3.72. The molecule has 0 saturated heterocycles. The van der Waals surface area contributed by atoms with Crippen LogP contribution in [-0.2, 0) is 15.6 Å². The van der Waals surface area contributed by atoms with Gasteiger partial charge in [0.15, 0.2) is 9.84 Å². The predicted octanol–water partition coefficient (Wildman–Crippen LogP) is 2.64. The van der Waals surface area contributed by atoms with E-state index in [1.54, 1.807) is 24.3 Å². The Bertz CT molecular complexity index is 472. The van der Waals surface area contributed by atoms with E-state index in [0.29, 0.717) is 23.0 Å². The number of nitrogens with one attached hydrogen (secondary N) is 1. The van der Waals surface area contributed by atoms with Crippen molar-refractivity contribution >= 4 is 21.4 Å². The topological polar surface area (TPSA) is 46.2 Å². The van der Waals surface area contributed by atoms with Crippen LogP contribution in [0.15, 0.2) is 24.3 Å². The van der Waals surface area contributed by atoms with Gasteiger partial charge in [0, 0.05) is 11.1 Å². The number of rotatable bonds is 7. The van der Waals surface area contributed by atoms with E-state index in [1.165, 1.54) is 0 Å². The summed E-state index contributed by atoms with van der Waals surface area (Å²) in [5.41, 5.74) is 0.677. The highest BCUT2D eigenvalue weighted by atomic mass is 35.5. The molecular formula is C13H20ClNO2S. The van der Waals surface area contributed by atoms with E-state index in [4.69, 9.17) is 11.6 Å². The number of hydrogen-bond acceptors (Lipinski definition) is 3. The number of halogens is 1. The van der Waals surface area contributed by atoms with Gasteiger partial charge in [-0.25, -0.2) is 8.42 Å². The average Bonchev–Trinajstić information content (AvgIpc) is 2.27. The van der Waals surface area contributed by atoms with Crippen molar-refractivity contribution in [2.24, 2.45) is 0 Å². The summed E-state index contributed by atoms with van der Waals surface area (Å²) in [5.74, 6) is 0.215. The minimum atomic E-state index is -3.08. The molecule has 1 rings (SSSR count). The summed E-state index contributed by atoms with van der Waals surface area (Å²) < 4.78 is 23.8. The quantitative estimate of drug-likeness (QED) is 0.785. The highest BCUT2D eigenvalue weighted by Crippen LogP contribution is 2.18. The van der Waals surface area contributed by atoms with Crippen LogP contribution in [0.4, 0.5) is 0 Å². The van der Waals surface area contributed by atoms with E-state index in [9.17, 15) is 8.42 Å². The fraction of sp³-hybridized carbons (Fsp3) is 0.538. The zero-order valence-corrected chi connectivity index (χ0v) is 12.4. The van der Waals surface area contributed by atoms with Gasteiger partial charge in [-0.15, -0.1) is 0 Å². The number of hydrogen-bond donors (Lipinski definition) is 1. The first-order valence-electron chi connectivity index (χ1n) is 6.08. The summed E-state index contributed by atoms with van der Waals surface area (Å²) in [6.45, 7) is 4.80. The van der Waals surface area contributed by atoms with Gasteiger partial charge in [0.05, 0.1) is 11.5 Å². The van der Waals surface area contributed by atoms with Crippen molar-refractivity contribution in [3.05, 3.63) is 34.9 Å². The Balaban J connectivity index is 2.48. The molecule has 18 heavy (non-hydrogen) atoms. The first-order valence-corrected chi connectivity index (χ1v) is 8.28. The van der Waals surface area contributed by atoms with Crippen molar-refractivity contribution in [1.29, 1.82) is 0 Å². The molecule has 0 aliphatic carbocycles. The maximum atomic E-state index is 11.9. The standard InChI is InChI=1S/C13H20ClNO2S/c1-11(2)15-8-5-9-18(16,17)10-12-6-3-4-7-13(12)14/h3-4,6-7,11,15H,5,8-10H2,1-2H3. The molecule has 0 unspecified atom stereocenters. The van der Waals surface area contributed by atoms with Gasteiger partial charge in [-0.1, -0.05) is 43.6 Å². The summed E-state index contributed by atoms with van der Waals surface area (Å²) in [4.78, 5) is 0. The molecule has 102 valence electrons. The van der Waals surface area contributed by atoms with Gasteiger partial charge >= 0.3 is 0 Å². The van der Waals surface area contributed by atoms with Crippen LogP contribution in [0, 0.1) is 0 Å². The van der Waals surface area contributed by atoms with Crippen LogP contribution in [0.2, 0.25) is 5.02 Å². The lowest BCUT2D eigenvalue weighted by molar-refractivity contribution is 0.568. The monoisotopic (exact) mass is 289 g/mol. The van der Waals surface area contributed by atoms with Crippen molar-refractivity contribution in [3.8, 4) is 0 Å². The van der Waals surface area contributed by atoms with Crippen LogP contribution in [0.1, 0.15) is 25.8 Å². The molecule has 1 N–H and O–H groups in total. The zero-order valence-electron chi connectivity index (χ0n) is 10.8. The Morgan fingerprint density at radius 2 is 1.94 bits per heavy atom. The van der Waals surface area contributed by atoms with Crippen LogP contribution < -0.4 is 5.32 Å². The van der Waals surface area contributed by atoms with Crippen molar-refractivity contribution in [1.82, 2.24) is 5.32 Å². The van der Waals surface area contributed by atoms with E-state index in [1.807, 2.05) is 13.8 Å². The largest absolute Gasteiger partial charge is 0.314 e. The minimum Gasteiger partial charge on any atom is -0.314 e. The molecule has 0 aromatic heterocycles. The molecule has 0 aliphatic heterocycles. The Morgan fingerprint density at radius 3 is 2.56 bits per heavy atom. The third-order valence-corrected chi connectivity index (χ3v) is 4.55. The Labute approximate surface area is 114 Å². The molecule has 0 saturated carbocycles.